The third-order valence-corrected chi connectivity index (χ3v) is 7.24. The number of fused-ring (bicyclic) bond motifs is 1. The van der Waals surface area contributed by atoms with Gasteiger partial charge < -0.3 is 29.7 Å². The summed E-state index contributed by atoms with van der Waals surface area (Å²) >= 11 is 0. The van der Waals surface area contributed by atoms with Crippen molar-refractivity contribution in [3.05, 3.63) is 42.0 Å². The Kier molecular flexibility index (Phi) is 12.1. The average Bonchev–Trinajstić information content (AvgIpc) is 2.93. The van der Waals surface area contributed by atoms with Crippen molar-refractivity contribution in [2.24, 2.45) is 5.92 Å². The number of nitrogens with one attached hydrogen (secondary N) is 2. The molecule has 40 heavy (non-hydrogen) atoms. The Bertz CT molecular complexity index is 1190. The molecule has 220 valence electrons. The standard InChI is InChI=1S/C31H45N5O3.CH4/c1-6-37-25-19-23(29(39-8-3)28(20-25)38-7-2)21-32-18-17-22-13-15-24(16-14-22)33-31-34-27-12-10-9-11-26(27)30(35-31)36(4)5;/h9-12,19-20,22,24,32H,6-8,13-18,21H2,1-5H3,(H,33,34,35);1H4. The smallest absolute Gasteiger partial charge is 0.225 e. The molecule has 1 aromatic heterocycles. The maximum atomic E-state index is 5.97. The SMILES string of the molecule is C.CCOc1cc(CNCCC2CCC(Nc3nc(N(C)C)c4ccccc4n3)CC2)c(OCC)c(OCC)c1. The van der Waals surface area contributed by atoms with Gasteiger partial charge in [-0.25, -0.2) is 4.98 Å². The van der Waals surface area contributed by atoms with Crippen LogP contribution in [0.25, 0.3) is 10.9 Å². The third-order valence-electron chi connectivity index (χ3n) is 7.24. The van der Waals surface area contributed by atoms with E-state index in [1.165, 1.54) is 12.8 Å². The van der Waals surface area contributed by atoms with Crippen LogP contribution in [0.2, 0.25) is 0 Å². The quantitative estimate of drug-likeness (QED) is 0.215. The van der Waals surface area contributed by atoms with Crippen LogP contribution in [-0.4, -0.2) is 56.5 Å². The molecule has 0 amide bonds. The molecule has 0 radical (unpaired) electrons. The molecule has 0 spiro atoms. The Labute approximate surface area is 240 Å². The van der Waals surface area contributed by atoms with Crippen LogP contribution in [0.15, 0.2) is 36.4 Å². The molecule has 2 aromatic carbocycles. The fraction of sp³-hybridized carbons (Fsp3) is 0.562. The summed E-state index contributed by atoms with van der Waals surface area (Å²) in [5.41, 5.74) is 2.05. The summed E-state index contributed by atoms with van der Waals surface area (Å²) < 4.78 is 17.6. The Morgan fingerprint density at radius 1 is 0.900 bits per heavy atom. The first-order valence-electron chi connectivity index (χ1n) is 14.5. The molecule has 0 saturated heterocycles. The van der Waals surface area contributed by atoms with Gasteiger partial charge in [0.05, 0.1) is 25.3 Å². The molecule has 2 N–H and O–H groups in total. The molecular formula is C32H49N5O3. The molecule has 1 aliphatic carbocycles. The Hall–Kier alpha value is -3.26. The number of ether oxygens (including phenoxy) is 3. The Balaban J connectivity index is 0.00000441. The van der Waals surface area contributed by atoms with Crippen LogP contribution in [0, 0.1) is 5.92 Å². The summed E-state index contributed by atoms with van der Waals surface area (Å²) in [6, 6.07) is 12.6. The van der Waals surface area contributed by atoms with Gasteiger partial charge in [-0.15, -0.1) is 0 Å². The summed E-state index contributed by atoms with van der Waals surface area (Å²) in [7, 11) is 4.06. The second kappa shape index (κ2) is 15.5. The van der Waals surface area contributed by atoms with Crippen LogP contribution in [0.1, 0.15) is 65.9 Å². The number of para-hydroxylation sites is 1. The van der Waals surface area contributed by atoms with Gasteiger partial charge in [-0.2, -0.15) is 4.98 Å². The van der Waals surface area contributed by atoms with Gasteiger partial charge >= 0.3 is 0 Å². The van der Waals surface area contributed by atoms with E-state index in [0.717, 1.165) is 83.8 Å². The normalized spacial score (nSPS) is 16.7. The Morgan fingerprint density at radius 2 is 1.62 bits per heavy atom. The lowest BCUT2D eigenvalue weighted by atomic mass is 9.84. The Morgan fingerprint density at radius 3 is 2.33 bits per heavy atom. The molecule has 0 atom stereocenters. The molecule has 8 heteroatoms. The van der Waals surface area contributed by atoms with Gasteiger partial charge in [-0.3, -0.25) is 0 Å². The first-order valence-corrected chi connectivity index (χ1v) is 14.5. The first kappa shape index (κ1) is 31.3. The zero-order valence-corrected chi connectivity index (χ0v) is 24.3. The second-order valence-corrected chi connectivity index (χ2v) is 10.3. The number of rotatable bonds is 14. The van der Waals surface area contributed by atoms with E-state index in [4.69, 9.17) is 24.2 Å². The molecule has 0 bridgehead atoms. The molecule has 1 fully saturated rings. The highest BCUT2D eigenvalue weighted by Crippen LogP contribution is 2.36. The van der Waals surface area contributed by atoms with E-state index in [-0.39, 0.29) is 7.43 Å². The molecule has 3 aromatic rings. The lowest BCUT2D eigenvalue weighted by Gasteiger charge is -2.29. The second-order valence-electron chi connectivity index (χ2n) is 10.3. The summed E-state index contributed by atoms with van der Waals surface area (Å²) in [6.07, 6.45) is 5.87. The minimum Gasteiger partial charge on any atom is -0.494 e. The van der Waals surface area contributed by atoms with Crippen LogP contribution in [-0.2, 0) is 6.54 Å². The van der Waals surface area contributed by atoms with Crippen LogP contribution in [0.4, 0.5) is 11.8 Å². The van der Waals surface area contributed by atoms with Crippen LogP contribution in [0.5, 0.6) is 17.2 Å². The molecule has 0 aliphatic heterocycles. The van der Waals surface area contributed by atoms with E-state index in [1.807, 2.05) is 53.1 Å². The zero-order chi connectivity index (χ0) is 27.6. The third kappa shape index (κ3) is 8.13. The minimum atomic E-state index is 0. The van der Waals surface area contributed by atoms with Gasteiger partial charge in [0.25, 0.3) is 0 Å². The zero-order valence-electron chi connectivity index (χ0n) is 24.3. The lowest BCUT2D eigenvalue weighted by Crippen LogP contribution is -2.28. The van der Waals surface area contributed by atoms with Crippen molar-refractivity contribution in [2.75, 3.05) is 50.7 Å². The number of nitrogens with zero attached hydrogens (tertiary/aromatic N) is 3. The molecule has 4 rings (SSSR count). The first-order chi connectivity index (χ1) is 19.0. The number of hydrogen-bond acceptors (Lipinski definition) is 8. The highest BCUT2D eigenvalue weighted by molar-refractivity contribution is 5.90. The highest BCUT2D eigenvalue weighted by Gasteiger charge is 2.22. The van der Waals surface area contributed by atoms with Crippen molar-refractivity contribution >= 4 is 22.7 Å². The van der Waals surface area contributed by atoms with Gasteiger partial charge in [0.15, 0.2) is 11.5 Å². The van der Waals surface area contributed by atoms with Crippen LogP contribution < -0.4 is 29.7 Å². The predicted octanol–water partition coefficient (Wildman–Crippen LogP) is 6.68. The maximum Gasteiger partial charge on any atom is 0.225 e. The van der Waals surface area contributed by atoms with Crippen molar-refractivity contribution in [1.82, 2.24) is 15.3 Å². The fourth-order valence-electron chi connectivity index (χ4n) is 5.36. The largest absolute Gasteiger partial charge is 0.494 e. The van der Waals surface area contributed by atoms with E-state index in [1.54, 1.807) is 0 Å². The number of anilines is 2. The molecule has 1 aliphatic rings. The molecule has 1 heterocycles. The van der Waals surface area contributed by atoms with Crippen molar-refractivity contribution in [1.29, 1.82) is 0 Å². The van der Waals surface area contributed by atoms with Crippen LogP contribution in [0.3, 0.4) is 0 Å². The predicted molar refractivity (Wildman–Crippen MR) is 166 cm³/mol. The highest BCUT2D eigenvalue weighted by atomic mass is 16.5. The van der Waals surface area contributed by atoms with E-state index in [0.29, 0.717) is 25.9 Å². The van der Waals surface area contributed by atoms with E-state index in [2.05, 4.69) is 33.7 Å². The number of aromatic nitrogens is 2. The molecule has 0 unspecified atom stereocenters. The number of benzene rings is 2. The van der Waals surface area contributed by atoms with E-state index >= 15 is 0 Å². The molecule has 1 saturated carbocycles. The summed E-state index contributed by atoms with van der Waals surface area (Å²) in [6.45, 7) is 9.48. The van der Waals surface area contributed by atoms with Crippen molar-refractivity contribution in [3.63, 3.8) is 0 Å². The van der Waals surface area contributed by atoms with Crippen molar-refractivity contribution in [2.45, 2.75) is 72.9 Å². The van der Waals surface area contributed by atoms with Crippen molar-refractivity contribution in [3.8, 4) is 17.2 Å². The van der Waals surface area contributed by atoms with Gasteiger partial charge in [-0.1, -0.05) is 19.6 Å². The lowest BCUT2D eigenvalue weighted by molar-refractivity contribution is 0.279. The monoisotopic (exact) mass is 551 g/mol. The van der Waals surface area contributed by atoms with Crippen molar-refractivity contribution < 1.29 is 14.2 Å². The van der Waals surface area contributed by atoms with Gasteiger partial charge in [0.1, 0.15) is 11.6 Å². The van der Waals surface area contributed by atoms with Gasteiger partial charge in [0, 0.05) is 43.7 Å². The summed E-state index contributed by atoms with van der Waals surface area (Å²) in [4.78, 5) is 11.7. The fourth-order valence-corrected chi connectivity index (χ4v) is 5.36. The molecule has 8 nitrogen and oxygen atoms in total. The summed E-state index contributed by atoms with van der Waals surface area (Å²) in [5, 5.41) is 8.34. The topological polar surface area (TPSA) is 80.8 Å². The molecular weight excluding hydrogens is 502 g/mol. The van der Waals surface area contributed by atoms with Gasteiger partial charge in [-0.05, 0) is 83.5 Å². The van der Waals surface area contributed by atoms with E-state index in [9.17, 15) is 0 Å². The maximum absolute atomic E-state index is 5.97. The van der Waals surface area contributed by atoms with Crippen LogP contribution >= 0.6 is 0 Å². The van der Waals surface area contributed by atoms with E-state index < -0.39 is 0 Å². The minimum absolute atomic E-state index is 0. The average molecular weight is 552 g/mol. The summed E-state index contributed by atoms with van der Waals surface area (Å²) in [5.74, 6) is 4.80. The number of hydrogen-bond donors (Lipinski definition) is 2. The van der Waals surface area contributed by atoms with Gasteiger partial charge in [0.2, 0.25) is 5.95 Å².